The van der Waals surface area contributed by atoms with E-state index < -0.39 is 0 Å². The smallest absolute Gasteiger partial charge is 0.252 e. The molecule has 4 aliphatic heterocycles. The standard InChI is InChI=1S/C105H90BN3/c1-104(2,3)82-53-77-42-43-78-54-83(105(4,5)6)63-92-87(60-81(55-82)99(77)100(78)92)76-44-46-93-96(62-76)109(103-90(73-38-24-12-25-39-73)58-80(70-32-18-9-19-33-70)59-91(103)74-40-26-13-27-41-74)98-65-86(107-84-49-66-48-67(51-84)52-85(107)50-66)64-97-101(98)106(93)94-61-75(68-28-14-7-15-29-68)45-47-95(94)108(97)102-88(71-34-20-10-21-35-71)56-79(69-30-16-8-17-31-69)57-89(102)72-36-22-11-23-37-72/h7-47,53,55-67,78,84-85,99-100H,48-52,54H2,1-6H3. The van der Waals surface area contributed by atoms with Crippen molar-refractivity contribution in [3.8, 4) is 77.9 Å². The van der Waals surface area contributed by atoms with Gasteiger partial charge in [0.05, 0.1) is 11.4 Å². The molecule has 4 heteroatoms. The quantitative estimate of drug-likeness (QED) is 0.120. The van der Waals surface area contributed by atoms with Gasteiger partial charge in [-0.25, -0.2) is 0 Å². The third kappa shape index (κ3) is 11.0. The lowest BCUT2D eigenvalue weighted by Crippen LogP contribution is -2.62. The van der Waals surface area contributed by atoms with E-state index in [1.165, 1.54) is 205 Å². The molecule has 2 saturated carbocycles. The number of hydrogen-bond acceptors (Lipinski definition) is 3. The van der Waals surface area contributed by atoms with Crippen molar-refractivity contribution in [2.75, 3.05) is 14.7 Å². The number of hydrogen-bond donors (Lipinski definition) is 0. The molecule has 22 rings (SSSR count). The second kappa shape index (κ2) is 25.6. The molecule has 3 nitrogen and oxygen atoms in total. The van der Waals surface area contributed by atoms with Crippen molar-refractivity contribution in [2.45, 2.75) is 92.2 Å². The number of piperidine rings is 2. The van der Waals surface area contributed by atoms with Crippen LogP contribution in [0.3, 0.4) is 0 Å². The number of anilines is 7. The third-order valence-corrected chi connectivity index (χ3v) is 26.2. The van der Waals surface area contributed by atoms with Crippen LogP contribution in [0.1, 0.15) is 85.6 Å². The van der Waals surface area contributed by atoms with Crippen LogP contribution in [0.25, 0.3) is 83.5 Å². The van der Waals surface area contributed by atoms with E-state index in [4.69, 9.17) is 0 Å². The van der Waals surface area contributed by atoms with Crippen molar-refractivity contribution in [3.63, 3.8) is 0 Å². The Bertz CT molecular complexity index is 5700. The summed E-state index contributed by atoms with van der Waals surface area (Å²) in [6, 6.07) is 111. The number of benzene rings is 12. The van der Waals surface area contributed by atoms with Gasteiger partial charge in [-0.15, -0.1) is 0 Å². The Morgan fingerprint density at radius 1 is 0.349 bits per heavy atom. The monoisotopic (exact) mass is 1400 g/mol. The fourth-order valence-corrected chi connectivity index (χ4v) is 21.2. The van der Waals surface area contributed by atoms with Crippen LogP contribution in [0, 0.1) is 40.4 Å². The molecule has 2 saturated heterocycles. The number of fused-ring (bicyclic) bond motifs is 4. The maximum Gasteiger partial charge on any atom is 0.252 e. The van der Waals surface area contributed by atoms with Gasteiger partial charge < -0.3 is 14.7 Å². The zero-order valence-electron chi connectivity index (χ0n) is 63.3. The van der Waals surface area contributed by atoms with Gasteiger partial charge in [-0.3, -0.25) is 0 Å². The van der Waals surface area contributed by atoms with Gasteiger partial charge in [0, 0.05) is 74.6 Å². The maximum absolute atomic E-state index is 2.98. The lowest BCUT2D eigenvalue weighted by atomic mass is 9.33. The van der Waals surface area contributed by atoms with E-state index in [1.54, 1.807) is 0 Å². The first-order chi connectivity index (χ1) is 53.3. The molecule has 109 heavy (non-hydrogen) atoms. The summed E-state index contributed by atoms with van der Waals surface area (Å²) in [5.41, 5.74) is 38.9. The molecule has 3 atom stereocenters. The van der Waals surface area contributed by atoms with Crippen LogP contribution in [0.5, 0.6) is 0 Å². The Labute approximate surface area is 644 Å². The Balaban J connectivity index is 0.930. The molecule has 4 fully saturated rings. The number of allylic oxidation sites excluding steroid dienone is 12. The summed E-state index contributed by atoms with van der Waals surface area (Å²) in [6.07, 6.45) is 23.0. The molecule has 10 aliphatic rings. The highest BCUT2D eigenvalue weighted by Gasteiger charge is 2.51. The van der Waals surface area contributed by atoms with Crippen LogP contribution in [0.15, 0.2) is 349 Å². The van der Waals surface area contributed by atoms with Gasteiger partial charge in [0.2, 0.25) is 0 Å². The van der Waals surface area contributed by atoms with Crippen LogP contribution in [-0.2, 0) is 0 Å². The Hall–Kier alpha value is -11.5. The van der Waals surface area contributed by atoms with Crippen LogP contribution in [-0.4, -0.2) is 18.8 Å². The third-order valence-electron chi connectivity index (χ3n) is 26.2. The van der Waals surface area contributed by atoms with Gasteiger partial charge in [0.15, 0.2) is 0 Å². The van der Waals surface area contributed by atoms with E-state index >= 15 is 0 Å². The summed E-state index contributed by atoms with van der Waals surface area (Å²) in [5.74, 6) is 2.51. The molecule has 0 radical (unpaired) electrons. The lowest BCUT2D eigenvalue weighted by Gasteiger charge is -2.58. The molecule has 0 amide bonds. The molecule has 4 heterocycles. The SMILES string of the molecule is CC(C)(C)C1=CC2=CC(c3ccc4c(c3)N(c3c(-c5ccccc5)cc(-c5ccccc5)cc3-c3ccccc3)c3cc(N5C6CC7CC(C6)CC5C7)cc5c3B4c3cc(-c4ccccc4)ccc3N5c3c(-c4ccccc4)cc(-c4ccccc4)cc3-c3ccccc3)=C3C=C(C(C)(C)C)CC4C=CC(=C1)C2C34. The summed E-state index contributed by atoms with van der Waals surface area (Å²) < 4.78 is 0. The van der Waals surface area contributed by atoms with Crippen LogP contribution < -0.4 is 31.1 Å². The van der Waals surface area contributed by atoms with Crippen molar-refractivity contribution in [1.82, 2.24) is 0 Å². The molecule has 12 aromatic carbocycles. The van der Waals surface area contributed by atoms with Gasteiger partial charge in [0.25, 0.3) is 6.71 Å². The van der Waals surface area contributed by atoms with E-state index in [1.807, 2.05) is 0 Å². The van der Waals surface area contributed by atoms with E-state index in [-0.39, 0.29) is 17.5 Å². The highest BCUT2D eigenvalue weighted by molar-refractivity contribution is 7.00. The van der Waals surface area contributed by atoms with Gasteiger partial charge in [-0.05, 0) is 221 Å². The van der Waals surface area contributed by atoms with Crippen LogP contribution >= 0.6 is 0 Å². The van der Waals surface area contributed by atoms with Gasteiger partial charge in [-0.2, -0.15) is 0 Å². The highest BCUT2D eigenvalue weighted by atomic mass is 15.2. The van der Waals surface area contributed by atoms with Gasteiger partial charge in [0.1, 0.15) is 0 Å². The molecule has 12 aromatic rings. The molecule has 528 valence electrons. The zero-order chi connectivity index (χ0) is 73.0. The normalized spacial score (nSPS) is 21.1. The van der Waals surface area contributed by atoms with Crippen LogP contribution in [0.2, 0.25) is 0 Å². The Kier molecular flexibility index (Phi) is 15.5. The maximum atomic E-state index is 2.98. The minimum Gasteiger partial charge on any atom is -0.365 e. The lowest BCUT2D eigenvalue weighted by molar-refractivity contribution is 0.0900. The molecular formula is C105H90BN3. The predicted octanol–water partition coefficient (Wildman–Crippen LogP) is 25.6. The first-order valence-electron chi connectivity index (χ1n) is 40.2. The average Bonchev–Trinajstić information content (AvgIpc) is 0.685. The van der Waals surface area contributed by atoms with Crippen molar-refractivity contribution >= 4 is 68.5 Å². The van der Waals surface area contributed by atoms with E-state index in [0.29, 0.717) is 29.8 Å². The Morgan fingerprint density at radius 2 is 0.798 bits per heavy atom. The molecule has 4 bridgehead atoms. The second-order valence-corrected chi connectivity index (χ2v) is 34.7. The fraction of sp³-hybridized carbons (Fsp3) is 0.200. The first kappa shape index (κ1) is 65.8. The van der Waals surface area contributed by atoms with Crippen molar-refractivity contribution in [3.05, 3.63) is 355 Å². The summed E-state index contributed by atoms with van der Waals surface area (Å²) in [4.78, 5) is 8.62. The molecular weight excluding hydrogens is 1310 g/mol. The summed E-state index contributed by atoms with van der Waals surface area (Å²) >= 11 is 0. The molecule has 0 N–H and O–H groups in total. The zero-order valence-corrected chi connectivity index (χ0v) is 63.3. The van der Waals surface area contributed by atoms with Crippen molar-refractivity contribution < 1.29 is 0 Å². The van der Waals surface area contributed by atoms with Gasteiger partial charge >= 0.3 is 0 Å². The Morgan fingerprint density at radius 3 is 1.27 bits per heavy atom. The summed E-state index contributed by atoms with van der Waals surface area (Å²) in [5, 5.41) is 0. The molecule has 3 unspecified atom stereocenters. The first-order valence-corrected chi connectivity index (χ1v) is 40.2. The summed E-state index contributed by atoms with van der Waals surface area (Å²) in [6.45, 7) is 14.3. The molecule has 0 aromatic heterocycles. The molecule has 6 aliphatic carbocycles. The van der Waals surface area contributed by atoms with Crippen LogP contribution in [0.4, 0.5) is 39.8 Å². The van der Waals surface area contributed by atoms with E-state index in [9.17, 15) is 0 Å². The fourth-order valence-electron chi connectivity index (χ4n) is 21.2. The van der Waals surface area contributed by atoms with Crippen molar-refractivity contribution in [2.24, 2.45) is 40.4 Å². The van der Waals surface area contributed by atoms with E-state index in [2.05, 4.69) is 378 Å². The van der Waals surface area contributed by atoms with Gasteiger partial charge in [-0.1, -0.05) is 320 Å². The number of nitrogens with zero attached hydrogens (tertiary/aromatic N) is 3. The predicted molar refractivity (Wildman–Crippen MR) is 461 cm³/mol. The number of rotatable bonds is 11. The van der Waals surface area contributed by atoms with E-state index in [0.717, 1.165) is 18.3 Å². The van der Waals surface area contributed by atoms with Crippen molar-refractivity contribution in [1.29, 1.82) is 0 Å². The summed E-state index contributed by atoms with van der Waals surface area (Å²) in [7, 11) is 0. The topological polar surface area (TPSA) is 9.72 Å². The molecule has 0 spiro atoms. The average molecular weight is 1400 g/mol. The minimum absolute atomic E-state index is 0.00985. The largest absolute Gasteiger partial charge is 0.365 e. The minimum atomic E-state index is -0.208. The second-order valence-electron chi connectivity index (χ2n) is 34.7. The highest BCUT2D eigenvalue weighted by Crippen LogP contribution is 2.61.